The second-order valence-corrected chi connectivity index (χ2v) is 11.5. The number of morpholine rings is 1. The highest BCUT2D eigenvalue weighted by Gasteiger charge is 2.58. The molecule has 0 spiro atoms. The minimum Gasteiger partial charge on any atom is -0.497 e. The number of carbonyl (C=O) groups excluding carboxylic acids is 2. The summed E-state index contributed by atoms with van der Waals surface area (Å²) in [6.07, 6.45) is -7.45. The van der Waals surface area contributed by atoms with Gasteiger partial charge in [0.15, 0.2) is 0 Å². The van der Waals surface area contributed by atoms with Crippen molar-refractivity contribution in [3.8, 4) is 5.75 Å². The molecule has 0 radical (unpaired) electrons. The van der Waals surface area contributed by atoms with Gasteiger partial charge in [-0.05, 0) is 31.7 Å². The summed E-state index contributed by atoms with van der Waals surface area (Å²) < 4.78 is 113. The number of nitrogens with zero attached hydrogens (tertiary/aromatic N) is 3. The average Bonchev–Trinajstić information content (AvgIpc) is 3.33. The van der Waals surface area contributed by atoms with Crippen molar-refractivity contribution in [1.82, 2.24) is 10.3 Å². The molecule has 16 heteroatoms. The Balaban J connectivity index is 1.68. The molecule has 2 saturated heterocycles. The monoisotopic (exact) mass is 647 g/mol. The number of pyridine rings is 1. The lowest BCUT2D eigenvalue weighted by molar-refractivity contribution is -0.137. The quantitative estimate of drug-likeness (QED) is 0.417. The van der Waals surface area contributed by atoms with Gasteiger partial charge in [0.05, 0.1) is 37.5 Å². The number of urea groups is 1. The molecule has 9 nitrogen and oxygen atoms in total. The minimum atomic E-state index is -5.01. The number of hydrogen-bond donors (Lipinski definition) is 2. The third-order valence-corrected chi connectivity index (χ3v) is 9.02. The topological polar surface area (TPSA) is 110 Å². The summed E-state index contributed by atoms with van der Waals surface area (Å²) in [7, 11) is 1.18. The van der Waals surface area contributed by atoms with Crippen LogP contribution in [0.5, 0.6) is 5.75 Å². The Morgan fingerprint density at radius 1 is 1.16 bits per heavy atom. The molecule has 1 aromatic carbocycles. The van der Waals surface area contributed by atoms with Crippen LogP contribution in [-0.4, -0.2) is 68.8 Å². The van der Waals surface area contributed by atoms with E-state index in [9.17, 15) is 31.5 Å². The number of alkyl halides is 5. The predicted octanol–water partition coefficient (Wildman–Crippen LogP) is 4.83. The predicted molar refractivity (Wildman–Crippen MR) is 147 cm³/mol. The van der Waals surface area contributed by atoms with Crippen LogP contribution in [0.15, 0.2) is 24.4 Å². The highest BCUT2D eigenvalue weighted by molar-refractivity contribution is 6.00. The zero-order valence-corrected chi connectivity index (χ0v) is 24.2. The van der Waals surface area contributed by atoms with E-state index in [1.807, 2.05) is 0 Å². The number of nitrogens with one attached hydrogen (secondary N) is 1. The molecule has 0 unspecified atom stereocenters. The van der Waals surface area contributed by atoms with Gasteiger partial charge in [-0.2, -0.15) is 13.2 Å². The van der Waals surface area contributed by atoms with E-state index in [4.69, 9.17) is 15.2 Å². The van der Waals surface area contributed by atoms with Crippen molar-refractivity contribution < 1.29 is 49.8 Å². The van der Waals surface area contributed by atoms with Crippen LogP contribution in [0.25, 0.3) is 0 Å². The number of amides is 3. The average molecular weight is 648 g/mol. The number of anilines is 2. The van der Waals surface area contributed by atoms with Crippen molar-refractivity contribution in [2.75, 3.05) is 49.8 Å². The van der Waals surface area contributed by atoms with Crippen molar-refractivity contribution >= 4 is 23.4 Å². The third kappa shape index (κ3) is 6.20. The minimum absolute atomic E-state index is 0.130. The number of carbonyl (C=O) groups is 2. The van der Waals surface area contributed by atoms with E-state index in [-0.39, 0.29) is 63.4 Å². The highest BCUT2D eigenvalue weighted by atomic mass is 19.4. The van der Waals surface area contributed by atoms with E-state index in [0.29, 0.717) is 0 Å². The standard InChI is InChI=1S/C29H32F7N5O4/c1-44-16-12-18(30)21(19(31)13-16)17-14-41(25-23(29(34,35)36)20(4-7-38-25)40-8-10-45-11-9-40)26(42)22(17)28(39-27(37)43)5-2-15(3-6-28)24(32)33/h4,7,12-13,15,17,22,24H,2-3,5-6,8-11,14H2,1H3,(H3,37,39,43)/t15?,17-,22+,28?/m0/s1. The summed E-state index contributed by atoms with van der Waals surface area (Å²) in [5, 5.41) is 2.48. The van der Waals surface area contributed by atoms with Gasteiger partial charge < -0.3 is 25.4 Å². The van der Waals surface area contributed by atoms with Crippen molar-refractivity contribution in [3.63, 3.8) is 0 Å². The number of rotatable bonds is 7. The first-order chi connectivity index (χ1) is 21.3. The van der Waals surface area contributed by atoms with E-state index in [1.165, 1.54) is 12.0 Å². The highest BCUT2D eigenvalue weighted by Crippen LogP contribution is 2.52. The fourth-order valence-corrected chi connectivity index (χ4v) is 6.99. The molecule has 5 rings (SSSR count). The van der Waals surface area contributed by atoms with E-state index in [2.05, 4.69) is 10.3 Å². The van der Waals surface area contributed by atoms with Crippen molar-refractivity contribution in [3.05, 3.63) is 47.2 Å². The lowest BCUT2D eigenvalue weighted by Crippen LogP contribution is -2.60. The molecule has 1 saturated carbocycles. The zero-order chi connectivity index (χ0) is 32.7. The van der Waals surface area contributed by atoms with Gasteiger partial charge in [-0.15, -0.1) is 0 Å². The molecule has 246 valence electrons. The van der Waals surface area contributed by atoms with Crippen LogP contribution in [0.3, 0.4) is 0 Å². The second kappa shape index (κ2) is 12.5. The van der Waals surface area contributed by atoms with Gasteiger partial charge >= 0.3 is 12.2 Å². The number of nitrogens with two attached hydrogens (primary N) is 1. The van der Waals surface area contributed by atoms with Gasteiger partial charge in [-0.1, -0.05) is 0 Å². The lowest BCUT2D eigenvalue weighted by atomic mass is 9.65. The van der Waals surface area contributed by atoms with Crippen LogP contribution >= 0.6 is 0 Å². The van der Waals surface area contributed by atoms with E-state index < -0.39 is 83.0 Å². The largest absolute Gasteiger partial charge is 0.497 e. The normalized spacial score (nSPS) is 26.0. The fraction of sp³-hybridized carbons (Fsp3) is 0.552. The first-order valence-corrected chi connectivity index (χ1v) is 14.4. The summed E-state index contributed by atoms with van der Waals surface area (Å²) in [6.45, 7) is -0.0694. The van der Waals surface area contributed by atoms with Crippen molar-refractivity contribution in [1.29, 1.82) is 0 Å². The Hall–Kier alpha value is -3.82. The number of primary amides is 1. The molecular weight excluding hydrogens is 615 g/mol. The first kappa shape index (κ1) is 32.6. The van der Waals surface area contributed by atoms with Crippen LogP contribution < -0.4 is 25.6 Å². The Labute approximate surface area is 253 Å². The second-order valence-electron chi connectivity index (χ2n) is 11.5. The summed E-state index contributed by atoms with van der Waals surface area (Å²) in [6, 6.07) is 1.76. The molecule has 1 aliphatic carbocycles. The molecular formula is C29H32F7N5O4. The number of aromatic nitrogens is 1. The van der Waals surface area contributed by atoms with E-state index in [0.717, 1.165) is 29.3 Å². The maximum atomic E-state index is 15.6. The van der Waals surface area contributed by atoms with Crippen molar-refractivity contribution in [2.24, 2.45) is 17.6 Å². The van der Waals surface area contributed by atoms with Crippen LogP contribution in [0, 0.1) is 23.5 Å². The summed E-state index contributed by atoms with van der Waals surface area (Å²) in [4.78, 5) is 32.7. The molecule has 2 aromatic rings. The molecule has 3 heterocycles. The summed E-state index contributed by atoms with van der Waals surface area (Å²) in [5.41, 5.74) is 1.65. The maximum absolute atomic E-state index is 15.6. The molecule has 3 aliphatic rings. The van der Waals surface area contributed by atoms with Crippen LogP contribution in [0.1, 0.15) is 42.7 Å². The number of hydrogen-bond acceptors (Lipinski definition) is 6. The Morgan fingerprint density at radius 3 is 2.31 bits per heavy atom. The Bertz CT molecular complexity index is 1410. The Morgan fingerprint density at radius 2 is 1.78 bits per heavy atom. The molecule has 3 amide bonds. The van der Waals surface area contributed by atoms with Gasteiger partial charge in [0, 0.05) is 55.4 Å². The van der Waals surface area contributed by atoms with Crippen molar-refractivity contribution in [2.45, 2.75) is 49.7 Å². The third-order valence-electron chi connectivity index (χ3n) is 9.02. The first-order valence-electron chi connectivity index (χ1n) is 14.4. The fourth-order valence-electron chi connectivity index (χ4n) is 6.99. The SMILES string of the molecule is COc1cc(F)c([C@@H]2CN(c3nccc(N4CCOCC4)c3C(F)(F)F)C(=O)[C@@H]2C2(NC(N)=O)CCC(C(F)F)CC2)c(F)c1. The number of ether oxygens (including phenoxy) is 2. The number of methoxy groups -OCH3 is 1. The van der Waals surface area contributed by atoms with Gasteiger partial charge in [0.25, 0.3) is 0 Å². The number of halogens is 7. The Kier molecular flexibility index (Phi) is 9.06. The summed E-state index contributed by atoms with van der Waals surface area (Å²) in [5.74, 6) is -8.42. The molecule has 1 aromatic heterocycles. The van der Waals surface area contributed by atoms with Crippen LogP contribution in [-0.2, 0) is 15.7 Å². The maximum Gasteiger partial charge on any atom is 0.421 e. The molecule has 3 fully saturated rings. The van der Waals surface area contributed by atoms with E-state index >= 15 is 8.78 Å². The molecule has 2 atom stereocenters. The smallest absolute Gasteiger partial charge is 0.421 e. The van der Waals surface area contributed by atoms with E-state index in [1.54, 1.807) is 0 Å². The molecule has 0 bridgehead atoms. The summed E-state index contributed by atoms with van der Waals surface area (Å²) >= 11 is 0. The van der Waals surface area contributed by atoms with Crippen LogP contribution in [0.4, 0.5) is 47.0 Å². The van der Waals surface area contributed by atoms with Crippen LogP contribution in [0.2, 0.25) is 0 Å². The lowest BCUT2D eigenvalue weighted by Gasteiger charge is -2.45. The van der Waals surface area contributed by atoms with Gasteiger partial charge in [-0.25, -0.2) is 27.3 Å². The zero-order valence-electron chi connectivity index (χ0n) is 24.2. The molecule has 45 heavy (non-hydrogen) atoms. The molecule has 3 N–H and O–H groups in total. The van der Waals surface area contributed by atoms with Gasteiger partial charge in [0.1, 0.15) is 28.8 Å². The van der Waals surface area contributed by atoms with Gasteiger partial charge in [-0.3, -0.25) is 9.69 Å². The van der Waals surface area contributed by atoms with Gasteiger partial charge in [0.2, 0.25) is 12.3 Å². The molecule has 2 aliphatic heterocycles. The number of benzene rings is 1.